The van der Waals surface area contributed by atoms with Gasteiger partial charge in [0.05, 0.1) is 12.4 Å². The second kappa shape index (κ2) is 9.03. The van der Waals surface area contributed by atoms with Crippen LogP contribution in [-0.2, 0) is 4.79 Å². The van der Waals surface area contributed by atoms with E-state index in [2.05, 4.69) is 76.4 Å². The van der Waals surface area contributed by atoms with Gasteiger partial charge in [0.1, 0.15) is 0 Å². The fourth-order valence-electron chi connectivity index (χ4n) is 4.11. The molecule has 0 saturated carbocycles. The Morgan fingerprint density at radius 3 is 2.21 bits per heavy atom. The van der Waals surface area contributed by atoms with Crippen molar-refractivity contribution in [1.29, 1.82) is 0 Å². The van der Waals surface area contributed by atoms with Gasteiger partial charge in [0.2, 0.25) is 5.91 Å². The highest BCUT2D eigenvalue weighted by Crippen LogP contribution is 2.25. The Morgan fingerprint density at radius 1 is 0.897 bits per heavy atom. The van der Waals surface area contributed by atoms with E-state index in [4.69, 9.17) is 0 Å². The average molecular weight is 391 g/mol. The van der Waals surface area contributed by atoms with E-state index in [1.165, 1.54) is 16.9 Å². The van der Waals surface area contributed by atoms with Crippen LogP contribution in [0.3, 0.4) is 0 Å². The fourth-order valence-corrected chi connectivity index (χ4v) is 4.11. The summed E-state index contributed by atoms with van der Waals surface area (Å²) in [6.07, 6.45) is 2.78. The maximum Gasteiger partial charge on any atom is 0.224 e. The Balaban J connectivity index is 1.28. The largest absolute Gasteiger partial charge is 0.368 e. The fraction of sp³-hybridized carbons (Fsp3) is 0.375. The van der Waals surface area contributed by atoms with E-state index in [1.807, 2.05) is 17.0 Å². The minimum absolute atomic E-state index is 0.266. The molecule has 4 rings (SSSR count). The summed E-state index contributed by atoms with van der Waals surface area (Å²) in [6.45, 7) is 8.19. The molecule has 5 heteroatoms. The monoisotopic (exact) mass is 390 g/mol. The summed E-state index contributed by atoms with van der Waals surface area (Å²) < 4.78 is 0. The van der Waals surface area contributed by atoms with Gasteiger partial charge >= 0.3 is 0 Å². The summed E-state index contributed by atoms with van der Waals surface area (Å²) in [7, 11) is 0. The highest BCUT2D eigenvalue weighted by molar-refractivity contribution is 5.77. The number of rotatable bonds is 6. The summed E-state index contributed by atoms with van der Waals surface area (Å²) in [5.41, 5.74) is 3.73. The normalized spacial score (nSPS) is 16.9. The van der Waals surface area contributed by atoms with Crippen molar-refractivity contribution in [3.8, 4) is 0 Å². The molecule has 0 aromatic heterocycles. The molecule has 0 unspecified atom stereocenters. The van der Waals surface area contributed by atoms with Gasteiger partial charge in [0.25, 0.3) is 0 Å². The molecular formula is C24H30N4O. The second-order valence-corrected chi connectivity index (χ2v) is 7.64. The zero-order chi connectivity index (χ0) is 20.1. The number of hydrogen-bond acceptors (Lipinski definition) is 4. The van der Waals surface area contributed by atoms with Gasteiger partial charge in [-0.2, -0.15) is 0 Å². The predicted molar refractivity (Wildman–Crippen MR) is 118 cm³/mol. The minimum atomic E-state index is 0.266. The Kier molecular flexibility index (Phi) is 6.03. The number of piperazine rings is 1. The molecule has 2 heterocycles. The third kappa shape index (κ3) is 4.56. The zero-order valence-corrected chi connectivity index (χ0v) is 17.2. The molecule has 152 valence electrons. The van der Waals surface area contributed by atoms with E-state index in [9.17, 15) is 4.79 Å². The van der Waals surface area contributed by atoms with Crippen LogP contribution in [0.2, 0.25) is 0 Å². The highest BCUT2D eigenvalue weighted by atomic mass is 16.2. The zero-order valence-electron chi connectivity index (χ0n) is 17.2. The molecule has 1 amide bonds. The van der Waals surface area contributed by atoms with E-state index in [0.29, 0.717) is 6.42 Å². The van der Waals surface area contributed by atoms with Crippen LogP contribution in [0.5, 0.6) is 0 Å². The summed E-state index contributed by atoms with van der Waals surface area (Å²) in [4.78, 5) is 21.8. The molecule has 2 aromatic carbocycles. The maximum absolute atomic E-state index is 12.7. The molecule has 2 aliphatic rings. The molecule has 0 N–H and O–H groups in total. The lowest BCUT2D eigenvalue weighted by Gasteiger charge is -2.36. The standard InChI is InChI=1S/C24H30N4O/c1-2-26-20-25(19-23(26)21-9-5-3-6-10-21)14-13-24(29)28-17-15-27(16-18-28)22-11-7-4-8-12-22/h3-12,19H,2,13-18,20H2,1H3. The number of amides is 1. The van der Waals surface area contributed by atoms with Crippen molar-refractivity contribution < 1.29 is 4.79 Å². The molecule has 1 fully saturated rings. The second-order valence-electron chi connectivity index (χ2n) is 7.64. The first-order valence-electron chi connectivity index (χ1n) is 10.6. The summed E-state index contributed by atoms with van der Waals surface area (Å²) in [6, 6.07) is 20.9. The van der Waals surface area contributed by atoms with Crippen molar-refractivity contribution in [1.82, 2.24) is 14.7 Å². The van der Waals surface area contributed by atoms with E-state index >= 15 is 0 Å². The maximum atomic E-state index is 12.7. The summed E-state index contributed by atoms with van der Waals surface area (Å²) in [5, 5.41) is 0. The minimum Gasteiger partial charge on any atom is -0.368 e. The number of hydrogen-bond donors (Lipinski definition) is 0. The Labute approximate surface area is 173 Å². The molecule has 29 heavy (non-hydrogen) atoms. The first kappa shape index (κ1) is 19.4. The van der Waals surface area contributed by atoms with Crippen molar-refractivity contribution in [2.75, 3.05) is 50.8 Å². The number of benzene rings is 2. The van der Waals surface area contributed by atoms with Crippen LogP contribution >= 0.6 is 0 Å². The van der Waals surface area contributed by atoms with Crippen LogP contribution in [0, 0.1) is 0 Å². The van der Waals surface area contributed by atoms with Gasteiger partial charge < -0.3 is 19.6 Å². The van der Waals surface area contributed by atoms with Crippen LogP contribution in [0.25, 0.3) is 5.70 Å². The molecule has 1 saturated heterocycles. The number of nitrogens with zero attached hydrogens (tertiary/aromatic N) is 4. The van der Waals surface area contributed by atoms with Gasteiger partial charge in [-0.25, -0.2) is 0 Å². The quantitative estimate of drug-likeness (QED) is 0.757. The van der Waals surface area contributed by atoms with Crippen molar-refractivity contribution in [3.05, 3.63) is 72.4 Å². The molecule has 2 aliphatic heterocycles. The van der Waals surface area contributed by atoms with Gasteiger partial charge in [-0.3, -0.25) is 4.79 Å². The van der Waals surface area contributed by atoms with E-state index in [1.54, 1.807) is 0 Å². The summed E-state index contributed by atoms with van der Waals surface area (Å²) in [5.74, 6) is 0.266. The molecule has 5 nitrogen and oxygen atoms in total. The van der Waals surface area contributed by atoms with Gasteiger partial charge in [0.15, 0.2) is 0 Å². The highest BCUT2D eigenvalue weighted by Gasteiger charge is 2.24. The Bertz CT molecular complexity index is 828. The van der Waals surface area contributed by atoms with Crippen LogP contribution in [0.15, 0.2) is 66.9 Å². The topological polar surface area (TPSA) is 30.0 Å². The van der Waals surface area contributed by atoms with E-state index < -0.39 is 0 Å². The van der Waals surface area contributed by atoms with Crippen molar-refractivity contribution in [2.24, 2.45) is 0 Å². The van der Waals surface area contributed by atoms with Gasteiger partial charge in [-0.1, -0.05) is 48.5 Å². The lowest BCUT2D eigenvalue weighted by Crippen LogP contribution is -2.49. The molecule has 0 aliphatic carbocycles. The van der Waals surface area contributed by atoms with Gasteiger partial charge in [-0.15, -0.1) is 0 Å². The molecule has 2 aromatic rings. The predicted octanol–water partition coefficient (Wildman–Crippen LogP) is 3.32. The molecule has 0 bridgehead atoms. The lowest BCUT2D eigenvalue weighted by molar-refractivity contribution is -0.131. The first-order chi connectivity index (χ1) is 14.2. The number of anilines is 1. The number of carbonyl (C=O) groups excluding carboxylic acids is 1. The average Bonchev–Trinajstić information content (AvgIpc) is 3.22. The first-order valence-corrected chi connectivity index (χ1v) is 10.6. The van der Waals surface area contributed by atoms with Crippen LogP contribution in [-0.4, -0.2) is 66.5 Å². The molecular weight excluding hydrogens is 360 g/mol. The number of para-hydroxylation sites is 1. The van der Waals surface area contributed by atoms with Crippen LogP contribution in [0.1, 0.15) is 18.9 Å². The van der Waals surface area contributed by atoms with Gasteiger partial charge in [0, 0.05) is 57.6 Å². The molecule has 0 radical (unpaired) electrons. The lowest BCUT2D eigenvalue weighted by atomic mass is 10.1. The Hall–Kier alpha value is -2.95. The Morgan fingerprint density at radius 2 is 1.55 bits per heavy atom. The van der Waals surface area contributed by atoms with Crippen molar-refractivity contribution >= 4 is 17.3 Å². The van der Waals surface area contributed by atoms with Crippen molar-refractivity contribution in [3.63, 3.8) is 0 Å². The third-order valence-electron chi connectivity index (χ3n) is 5.82. The third-order valence-corrected chi connectivity index (χ3v) is 5.82. The molecule has 0 spiro atoms. The summed E-state index contributed by atoms with van der Waals surface area (Å²) >= 11 is 0. The smallest absolute Gasteiger partial charge is 0.224 e. The molecule has 0 atom stereocenters. The van der Waals surface area contributed by atoms with Crippen LogP contribution in [0.4, 0.5) is 5.69 Å². The van der Waals surface area contributed by atoms with E-state index in [0.717, 1.165) is 45.9 Å². The van der Waals surface area contributed by atoms with Gasteiger partial charge in [-0.05, 0) is 24.6 Å². The van der Waals surface area contributed by atoms with E-state index in [-0.39, 0.29) is 5.91 Å². The van der Waals surface area contributed by atoms with Crippen molar-refractivity contribution in [2.45, 2.75) is 13.3 Å². The number of carbonyl (C=O) groups is 1. The SMILES string of the molecule is CCN1CN(CCC(=O)N2CCN(c3ccccc3)CC2)C=C1c1ccccc1. The van der Waals surface area contributed by atoms with Crippen LogP contribution < -0.4 is 4.90 Å².